The minimum absolute atomic E-state index is 0.839. The molecule has 1 aromatic heterocycles. The van der Waals surface area contributed by atoms with Crippen molar-refractivity contribution in [2.24, 2.45) is 0 Å². The van der Waals surface area contributed by atoms with E-state index in [0.717, 1.165) is 31.2 Å². The molecular weight excluding hydrogens is 278 g/mol. The van der Waals surface area contributed by atoms with E-state index in [1.165, 1.54) is 22.5 Å². The Balaban J connectivity index is 1.90. The van der Waals surface area contributed by atoms with Gasteiger partial charge in [0.2, 0.25) is 0 Å². The lowest BCUT2D eigenvalue weighted by Gasteiger charge is -2.16. The second-order valence-electron chi connectivity index (χ2n) is 5.08. The number of aromatic nitrogens is 1. The number of hydrogen-bond acceptors (Lipinski definition) is 4. The molecule has 0 radical (unpaired) electrons. The molecule has 1 heterocycles. The molecule has 3 nitrogen and oxygen atoms in total. The molecule has 0 bridgehead atoms. The Hall–Kier alpha value is -1.55. The van der Waals surface area contributed by atoms with Crippen LogP contribution in [0.25, 0.3) is 0 Å². The minimum atomic E-state index is 0.839. The molecular formula is C17H25N3S. The molecule has 1 N–H and O–H groups in total. The highest BCUT2D eigenvalue weighted by Crippen LogP contribution is 2.23. The van der Waals surface area contributed by atoms with Crippen LogP contribution in [0.2, 0.25) is 0 Å². The van der Waals surface area contributed by atoms with Crippen LogP contribution in [0.5, 0.6) is 0 Å². The van der Waals surface area contributed by atoms with Crippen LogP contribution in [0.1, 0.15) is 37.6 Å². The van der Waals surface area contributed by atoms with E-state index in [9.17, 15) is 0 Å². The third kappa shape index (κ3) is 4.46. The lowest BCUT2D eigenvalue weighted by Crippen LogP contribution is -2.21. The fraction of sp³-hybridized carbons (Fsp3) is 0.471. The summed E-state index contributed by atoms with van der Waals surface area (Å²) in [5, 5.41) is 4.59. The number of hydrogen-bond donors (Lipinski definition) is 1. The molecule has 0 saturated carbocycles. The van der Waals surface area contributed by atoms with Crippen LogP contribution in [-0.4, -0.2) is 18.1 Å². The third-order valence-electron chi connectivity index (χ3n) is 3.53. The van der Waals surface area contributed by atoms with Crippen molar-refractivity contribution < 1.29 is 0 Å². The molecule has 2 aromatic rings. The molecule has 4 heteroatoms. The second kappa shape index (κ2) is 8.03. The summed E-state index contributed by atoms with van der Waals surface area (Å²) in [6, 6.07) is 8.74. The van der Waals surface area contributed by atoms with Gasteiger partial charge in [0.05, 0.1) is 6.54 Å². The van der Waals surface area contributed by atoms with Crippen LogP contribution in [0.3, 0.4) is 0 Å². The summed E-state index contributed by atoms with van der Waals surface area (Å²) < 4.78 is 0. The van der Waals surface area contributed by atoms with Gasteiger partial charge in [-0.05, 0) is 38.0 Å². The van der Waals surface area contributed by atoms with Gasteiger partial charge in [0.1, 0.15) is 0 Å². The summed E-state index contributed by atoms with van der Waals surface area (Å²) in [5.41, 5.74) is 2.58. The fourth-order valence-corrected chi connectivity index (χ4v) is 3.26. The van der Waals surface area contributed by atoms with Gasteiger partial charge in [0, 0.05) is 29.9 Å². The lowest BCUT2D eigenvalue weighted by molar-refractivity contribution is 0.860. The van der Waals surface area contributed by atoms with Crippen LogP contribution in [-0.2, 0) is 13.0 Å². The van der Waals surface area contributed by atoms with Crippen LogP contribution < -0.4 is 10.2 Å². The van der Waals surface area contributed by atoms with E-state index in [4.69, 9.17) is 0 Å². The number of nitrogens with zero attached hydrogens (tertiary/aromatic N) is 2. The molecule has 0 saturated heterocycles. The van der Waals surface area contributed by atoms with Crippen molar-refractivity contribution in [2.45, 2.75) is 40.2 Å². The third-order valence-corrected chi connectivity index (χ3v) is 4.59. The Morgan fingerprint density at radius 1 is 1.10 bits per heavy atom. The van der Waals surface area contributed by atoms with Gasteiger partial charge in [-0.25, -0.2) is 4.98 Å². The SMILES string of the molecule is CCCc1ccc(NCc2cnc(N(CC)CC)s2)cc1. The number of aryl methyl sites for hydroxylation is 1. The summed E-state index contributed by atoms with van der Waals surface area (Å²) in [5.74, 6) is 0. The smallest absolute Gasteiger partial charge is 0.185 e. The molecule has 21 heavy (non-hydrogen) atoms. The van der Waals surface area contributed by atoms with Crippen molar-refractivity contribution in [1.82, 2.24) is 4.98 Å². The summed E-state index contributed by atoms with van der Waals surface area (Å²) in [7, 11) is 0. The van der Waals surface area contributed by atoms with Gasteiger partial charge in [-0.2, -0.15) is 0 Å². The number of nitrogens with one attached hydrogen (secondary N) is 1. The van der Waals surface area contributed by atoms with Crippen molar-refractivity contribution in [2.75, 3.05) is 23.3 Å². The highest BCUT2D eigenvalue weighted by molar-refractivity contribution is 7.15. The Morgan fingerprint density at radius 3 is 2.43 bits per heavy atom. The van der Waals surface area contributed by atoms with Gasteiger partial charge in [0.25, 0.3) is 0 Å². The summed E-state index contributed by atoms with van der Waals surface area (Å²) in [6.07, 6.45) is 4.33. The normalized spacial score (nSPS) is 10.6. The Kier molecular flexibility index (Phi) is 6.05. The fourth-order valence-electron chi connectivity index (χ4n) is 2.29. The van der Waals surface area contributed by atoms with Crippen LogP contribution in [0, 0.1) is 0 Å². The number of benzene rings is 1. The zero-order chi connectivity index (χ0) is 15.1. The Bertz CT molecular complexity index is 529. The van der Waals surface area contributed by atoms with Gasteiger partial charge in [-0.3, -0.25) is 0 Å². The molecule has 0 fully saturated rings. The first kappa shape index (κ1) is 15.8. The molecule has 0 spiro atoms. The predicted octanol–water partition coefficient (Wildman–Crippen LogP) is 4.55. The van der Waals surface area contributed by atoms with Crippen LogP contribution in [0.15, 0.2) is 30.5 Å². The molecule has 0 unspecified atom stereocenters. The first-order valence-corrected chi connectivity index (χ1v) is 8.60. The van der Waals surface area contributed by atoms with E-state index in [-0.39, 0.29) is 0 Å². The maximum Gasteiger partial charge on any atom is 0.185 e. The van der Waals surface area contributed by atoms with E-state index in [1.807, 2.05) is 6.20 Å². The molecule has 1 aromatic carbocycles. The van der Waals surface area contributed by atoms with Crippen molar-refractivity contribution in [3.63, 3.8) is 0 Å². The standard InChI is InChI=1S/C17H25N3S/c1-4-7-14-8-10-15(11-9-14)18-12-16-13-19-17(21-16)20(5-2)6-3/h8-11,13,18H,4-7,12H2,1-3H3. The predicted molar refractivity (Wildman–Crippen MR) is 93.4 cm³/mol. The maximum absolute atomic E-state index is 4.51. The van der Waals surface area contributed by atoms with Crippen LogP contribution >= 0.6 is 11.3 Å². The Morgan fingerprint density at radius 2 is 1.81 bits per heavy atom. The van der Waals surface area contributed by atoms with Gasteiger partial charge < -0.3 is 10.2 Å². The second-order valence-corrected chi connectivity index (χ2v) is 6.18. The largest absolute Gasteiger partial charge is 0.380 e. The zero-order valence-corrected chi connectivity index (χ0v) is 14.0. The van der Waals surface area contributed by atoms with Crippen molar-refractivity contribution >= 4 is 22.2 Å². The molecule has 0 aliphatic carbocycles. The average Bonchev–Trinajstić information content (AvgIpc) is 2.97. The summed E-state index contributed by atoms with van der Waals surface area (Å²) >= 11 is 1.77. The highest BCUT2D eigenvalue weighted by atomic mass is 32.1. The van der Waals surface area contributed by atoms with Crippen molar-refractivity contribution in [3.8, 4) is 0 Å². The van der Waals surface area contributed by atoms with E-state index in [2.05, 4.69) is 60.2 Å². The quantitative estimate of drug-likeness (QED) is 0.775. The van der Waals surface area contributed by atoms with Gasteiger partial charge in [-0.15, -0.1) is 11.3 Å². The van der Waals surface area contributed by atoms with E-state index in [1.54, 1.807) is 11.3 Å². The van der Waals surface area contributed by atoms with E-state index in [0.29, 0.717) is 0 Å². The van der Waals surface area contributed by atoms with Gasteiger partial charge in [-0.1, -0.05) is 25.5 Å². The first-order chi connectivity index (χ1) is 10.3. The highest BCUT2D eigenvalue weighted by Gasteiger charge is 2.07. The summed E-state index contributed by atoms with van der Waals surface area (Å²) in [4.78, 5) is 8.07. The zero-order valence-electron chi connectivity index (χ0n) is 13.2. The summed E-state index contributed by atoms with van der Waals surface area (Å²) in [6.45, 7) is 9.41. The molecule has 0 amide bonds. The van der Waals surface area contributed by atoms with Gasteiger partial charge >= 0.3 is 0 Å². The number of anilines is 2. The molecule has 0 atom stereocenters. The Labute approximate surface area is 132 Å². The molecule has 2 rings (SSSR count). The monoisotopic (exact) mass is 303 g/mol. The molecule has 0 aliphatic rings. The molecule has 114 valence electrons. The molecule has 0 aliphatic heterocycles. The minimum Gasteiger partial charge on any atom is -0.380 e. The average molecular weight is 303 g/mol. The van der Waals surface area contributed by atoms with E-state index < -0.39 is 0 Å². The van der Waals surface area contributed by atoms with E-state index >= 15 is 0 Å². The van der Waals surface area contributed by atoms with Crippen molar-refractivity contribution in [3.05, 3.63) is 40.9 Å². The number of thiazole rings is 1. The topological polar surface area (TPSA) is 28.2 Å². The number of rotatable bonds is 8. The van der Waals surface area contributed by atoms with Gasteiger partial charge in [0.15, 0.2) is 5.13 Å². The maximum atomic E-state index is 4.51. The van der Waals surface area contributed by atoms with Crippen molar-refractivity contribution in [1.29, 1.82) is 0 Å². The first-order valence-electron chi connectivity index (χ1n) is 7.79. The lowest BCUT2D eigenvalue weighted by atomic mass is 10.1. The van der Waals surface area contributed by atoms with Crippen LogP contribution in [0.4, 0.5) is 10.8 Å².